The summed E-state index contributed by atoms with van der Waals surface area (Å²) >= 11 is 0. The molecule has 1 aliphatic heterocycles. The zero-order valence-corrected chi connectivity index (χ0v) is 20.3. The summed E-state index contributed by atoms with van der Waals surface area (Å²) in [5.74, 6) is -2.12. The molecule has 0 fully saturated rings. The molecular weight excluding hydrogens is 464 g/mol. The summed E-state index contributed by atoms with van der Waals surface area (Å²) in [4.78, 5) is 51.6. The van der Waals surface area contributed by atoms with Crippen molar-refractivity contribution in [1.82, 2.24) is 21.3 Å². The van der Waals surface area contributed by atoms with Crippen LogP contribution < -0.4 is 26.0 Å². The normalized spacial score (nSPS) is 22.0. The molecule has 192 valence electrons. The lowest BCUT2D eigenvalue weighted by atomic mass is 10.1. The average Bonchev–Trinajstić information content (AvgIpc) is 2.85. The van der Waals surface area contributed by atoms with Crippen LogP contribution in [0.1, 0.15) is 36.2 Å². The van der Waals surface area contributed by atoms with Gasteiger partial charge in [0, 0.05) is 6.54 Å². The number of para-hydroxylation sites is 1. The van der Waals surface area contributed by atoms with Gasteiger partial charge in [-0.1, -0.05) is 42.5 Å². The van der Waals surface area contributed by atoms with E-state index in [1.807, 2.05) is 30.3 Å². The Morgan fingerprint density at radius 3 is 2.47 bits per heavy atom. The number of nitrogens with one attached hydrogen (secondary N) is 4. The number of amides is 4. The maximum absolute atomic E-state index is 13.1. The Hall–Kier alpha value is -3.92. The zero-order chi connectivity index (χ0) is 26.1. The lowest BCUT2D eigenvalue weighted by molar-refractivity contribution is -0.133. The van der Waals surface area contributed by atoms with Crippen molar-refractivity contribution in [2.75, 3.05) is 13.2 Å². The Bertz CT molecular complexity index is 1080. The van der Waals surface area contributed by atoms with E-state index < -0.39 is 54.3 Å². The molecule has 4 amide bonds. The Kier molecular flexibility index (Phi) is 9.40. The molecule has 0 aromatic heterocycles. The SMILES string of the molecule is C[C@@H]1COc2ccccc2C(=O)N[C@H](C(=O)NCCc2ccccc2)CC(=O)N[C@@H]([C@@H](C)O)C(=O)N1. The van der Waals surface area contributed by atoms with Crippen molar-refractivity contribution in [2.24, 2.45) is 0 Å². The first-order valence-corrected chi connectivity index (χ1v) is 11.9. The lowest BCUT2D eigenvalue weighted by Crippen LogP contribution is -2.56. The van der Waals surface area contributed by atoms with Gasteiger partial charge in [0.1, 0.15) is 24.4 Å². The van der Waals surface area contributed by atoms with Gasteiger partial charge in [-0.05, 0) is 38.0 Å². The first-order valence-electron chi connectivity index (χ1n) is 11.9. The van der Waals surface area contributed by atoms with Crippen LogP contribution in [0.5, 0.6) is 5.75 Å². The van der Waals surface area contributed by atoms with Crippen LogP contribution in [0.25, 0.3) is 0 Å². The second-order valence-corrected chi connectivity index (χ2v) is 8.76. The minimum Gasteiger partial charge on any atom is -0.491 e. The molecular formula is C26H32N4O6. The predicted octanol–water partition coefficient (Wildman–Crippen LogP) is 0.297. The monoisotopic (exact) mass is 496 g/mol. The van der Waals surface area contributed by atoms with Crippen LogP contribution in [0, 0.1) is 0 Å². The highest BCUT2D eigenvalue weighted by atomic mass is 16.5. The fraction of sp³-hybridized carbons (Fsp3) is 0.385. The molecule has 10 heteroatoms. The summed E-state index contributed by atoms with van der Waals surface area (Å²) in [5.41, 5.74) is 1.22. The maximum Gasteiger partial charge on any atom is 0.255 e. The lowest BCUT2D eigenvalue weighted by Gasteiger charge is -2.26. The van der Waals surface area contributed by atoms with Gasteiger partial charge in [0.05, 0.1) is 24.1 Å². The van der Waals surface area contributed by atoms with Gasteiger partial charge in [0.2, 0.25) is 17.7 Å². The van der Waals surface area contributed by atoms with Crippen molar-refractivity contribution < 1.29 is 29.0 Å². The Balaban J connectivity index is 1.82. The highest BCUT2D eigenvalue weighted by Crippen LogP contribution is 2.19. The van der Waals surface area contributed by atoms with E-state index in [0.29, 0.717) is 13.0 Å². The van der Waals surface area contributed by atoms with Crippen LogP contribution in [0.2, 0.25) is 0 Å². The molecule has 36 heavy (non-hydrogen) atoms. The second kappa shape index (κ2) is 12.7. The minimum atomic E-state index is -1.24. The van der Waals surface area contributed by atoms with Crippen LogP contribution in [0.15, 0.2) is 54.6 Å². The van der Waals surface area contributed by atoms with Crippen LogP contribution in [0.3, 0.4) is 0 Å². The van der Waals surface area contributed by atoms with Crippen LogP contribution >= 0.6 is 0 Å². The van der Waals surface area contributed by atoms with Crippen molar-refractivity contribution in [3.05, 3.63) is 65.7 Å². The Labute approximate surface area is 209 Å². The molecule has 0 saturated heterocycles. The summed E-state index contributed by atoms with van der Waals surface area (Å²) in [5, 5.41) is 20.6. The van der Waals surface area contributed by atoms with Gasteiger partial charge in [-0.3, -0.25) is 19.2 Å². The van der Waals surface area contributed by atoms with Crippen LogP contribution in [0.4, 0.5) is 0 Å². The molecule has 2 aromatic rings. The molecule has 0 saturated carbocycles. The fourth-order valence-electron chi connectivity index (χ4n) is 3.74. The van der Waals surface area contributed by atoms with E-state index in [1.165, 1.54) is 6.92 Å². The summed E-state index contributed by atoms with van der Waals surface area (Å²) in [7, 11) is 0. The van der Waals surface area contributed by atoms with Gasteiger partial charge >= 0.3 is 0 Å². The Morgan fingerprint density at radius 1 is 1.06 bits per heavy atom. The maximum atomic E-state index is 13.1. The summed E-state index contributed by atoms with van der Waals surface area (Å²) in [6.07, 6.45) is -1.06. The van der Waals surface area contributed by atoms with Crippen molar-refractivity contribution in [1.29, 1.82) is 0 Å². The third kappa shape index (κ3) is 7.54. The topological polar surface area (TPSA) is 146 Å². The first-order chi connectivity index (χ1) is 17.2. The first kappa shape index (κ1) is 26.7. The molecule has 5 N–H and O–H groups in total. The number of hydrogen-bond acceptors (Lipinski definition) is 6. The quantitative estimate of drug-likeness (QED) is 0.402. The molecule has 3 rings (SSSR count). The van der Waals surface area contributed by atoms with E-state index in [2.05, 4.69) is 21.3 Å². The highest BCUT2D eigenvalue weighted by Gasteiger charge is 2.31. The average molecular weight is 497 g/mol. The molecule has 0 unspecified atom stereocenters. The number of carbonyl (C=O) groups is 4. The Morgan fingerprint density at radius 2 is 1.75 bits per heavy atom. The molecule has 1 aliphatic rings. The number of carbonyl (C=O) groups excluding carboxylic acids is 4. The number of fused-ring (bicyclic) bond motifs is 1. The molecule has 0 radical (unpaired) electrons. The van der Waals surface area contributed by atoms with Crippen molar-refractivity contribution in [3.63, 3.8) is 0 Å². The number of aliphatic hydroxyl groups is 1. The van der Waals surface area contributed by atoms with Crippen molar-refractivity contribution in [3.8, 4) is 5.75 Å². The highest BCUT2D eigenvalue weighted by molar-refractivity contribution is 6.01. The van der Waals surface area contributed by atoms with E-state index >= 15 is 0 Å². The molecule has 0 aliphatic carbocycles. The standard InChI is InChI=1S/C26H32N4O6/c1-16-15-36-21-11-7-6-10-19(21)24(33)29-20(14-22(32)30-23(17(2)31)26(35)28-16)25(34)27-13-12-18-8-4-3-5-9-18/h3-11,16-17,20,23,31H,12-15H2,1-2H3,(H,27,34)(H,28,35)(H,29,33)(H,30,32)/t16-,17-,20+,23+/m1/s1. The van der Waals surface area contributed by atoms with E-state index in [9.17, 15) is 24.3 Å². The van der Waals surface area contributed by atoms with Gasteiger partial charge in [-0.15, -0.1) is 0 Å². The van der Waals surface area contributed by atoms with Gasteiger partial charge in [-0.25, -0.2) is 0 Å². The molecule has 10 nitrogen and oxygen atoms in total. The smallest absolute Gasteiger partial charge is 0.255 e. The van der Waals surface area contributed by atoms with Crippen LogP contribution in [-0.4, -0.2) is 66.1 Å². The van der Waals surface area contributed by atoms with E-state index in [0.717, 1.165) is 5.56 Å². The van der Waals surface area contributed by atoms with Gasteiger partial charge in [0.25, 0.3) is 5.91 Å². The van der Waals surface area contributed by atoms with Gasteiger partial charge in [0.15, 0.2) is 0 Å². The second-order valence-electron chi connectivity index (χ2n) is 8.76. The summed E-state index contributed by atoms with van der Waals surface area (Å²) in [6.45, 7) is 3.41. The number of aliphatic hydroxyl groups excluding tert-OH is 1. The summed E-state index contributed by atoms with van der Waals surface area (Å²) < 4.78 is 5.76. The zero-order valence-electron chi connectivity index (χ0n) is 20.3. The molecule has 2 aromatic carbocycles. The van der Waals surface area contributed by atoms with Gasteiger partial charge < -0.3 is 31.1 Å². The summed E-state index contributed by atoms with van der Waals surface area (Å²) in [6, 6.07) is 13.1. The van der Waals surface area contributed by atoms with E-state index in [-0.39, 0.29) is 17.9 Å². The van der Waals surface area contributed by atoms with Crippen molar-refractivity contribution >= 4 is 23.6 Å². The predicted molar refractivity (Wildman–Crippen MR) is 132 cm³/mol. The molecule has 1 heterocycles. The number of benzene rings is 2. The number of ether oxygens (including phenoxy) is 1. The third-order valence-electron chi connectivity index (χ3n) is 5.66. The number of hydrogen-bond donors (Lipinski definition) is 5. The number of rotatable bonds is 5. The van der Waals surface area contributed by atoms with Crippen molar-refractivity contribution in [2.45, 2.75) is 50.9 Å². The molecule has 4 atom stereocenters. The van der Waals surface area contributed by atoms with Crippen LogP contribution in [-0.2, 0) is 20.8 Å². The third-order valence-corrected chi connectivity index (χ3v) is 5.66. The largest absolute Gasteiger partial charge is 0.491 e. The van der Waals surface area contributed by atoms with E-state index in [4.69, 9.17) is 4.74 Å². The van der Waals surface area contributed by atoms with E-state index in [1.54, 1.807) is 31.2 Å². The fourth-order valence-corrected chi connectivity index (χ4v) is 3.74. The molecule has 0 spiro atoms. The molecule has 0 bridgehead atoms. The van der Waals surface area contributed by atoms with Gasteiger partial charge in [-0.2, -0.15) is 0 Å². The minimum absolute atomic E-state index is 0.0416.